The zero-order valence-corrected chi connectivity index (χ0v) is 9.88. The summed E-state index contributed by atoms with van der Waals surface area (Å²) in [5, 5.41) is 2.73. The Morgan fingerprint density at radius 3 is 2.83 bits per heavy atom. The van der Waals surface area contributed by atoms with Crippen molar-refractivity contribution >= 4 is 17.3 Å². The summed E-state index contributed by atoms with van der Waals surface area (Å²) in [6.07, 6.45) is 3.02. The molecule has 0 saturated carbocycles. The molecule has 0 radical (unpaired) electrons. The molecule has 1 aromatic heterocycles. The van der Waals surface area contributed by atoms with Crippen molar-refractivity contribution in [3.8, 4) is 5.75 Å². The topological polar surface area (TPSA) is 77.2 Å². The molecule has 0 atom stereocenters. The Bertz CT molecular complexity index is 570. The molecule has 5 nitrogen and oxygen atoms in total. The number of ether oxygens (including phenoxy) is 1. The van der Waals surface area contributed by atoms with Crippen LogP contribution in [0.15, 0.2) is 42.7 Å². The van der Waals surface area contributed by atoms with Crippen molar-refractivity contribution in [1.29, 1.82) is 0 Å². The molecule has 0 fully saturated rings. The minimum Gasteiger partial charge on any atom is -0.494 e. The Kier molecular flexibility index (Phi) is 3.43. The maximum absolute atomic E-state index is 12.1. The van der Waals surface area contributed by atoms with Crippen molar-refractivity contribution < 1.29 is 9.53 Å². The van der Waals surface area contributed by atoms with Gasteiger partial charge in [-0.3, -0.25) is 9.78 Å². The highest BCUT2D eigenvalue weighted by Crippen LogP contribution is 2.21. The molecule has 0 aliphatic rings. The first-order chi connectivity index (χ1) is 8.72. The van der Waals surface area contributed by atoms with Gasteiger partial charge in [-0.15, -0.1) is 0 Å². The van der Waals surface area contributed by atoms with Crippen LogP contribution in [0.4, 0.5) is 11.4 Å². The lowest BCUT2D eigenvalue weighted by molar-refractivity contribution is 0.102. The van der Waals surface area contributed by atoms with Gasteiger partial charge in [-0.2, -0.15) is 0 Å². The van der Waals surface area contributed by atoms with Crippen LogP contribution in [-0.2, 0) is 0 Å². The average molecular weight is 243 g/mol. The summed E-state index contributed by atoms with van der Waals surface area (Å²) in [5.41, 5.74) is 7.26. The number of para-hydroxylation sites is 2. The second-order valence-electron chi connectivity index (χ2n) is 3.62. The third-order valence-corrected chi connectivity index (χ3v) is 2.46. The second kappa shape index (κ2) is 5.18. The molecule has 0 aliphatic carbocycles. The van der Waals surface area contributed by atoms with E-state index in [0.717, 1.165) is 0 Å². The number of methoxy groups -OCH3 is 1. The van der Waals surface area contributed by atoms with Crippen LogP contribution < -0.4 is 15.8 Å². The lowest BCUT2D eigenvalue weighted by atomic mass is 10.2. The largest absolute Gasteiger partial charge is 0.494 e. The summed E-state index contributed by atoms with van der Waals surface area (Å²) in [6, 6.07) is 8.65. The van der Waals surface area contributed by atoms with E-state index in [1.54, 1.807) is 30.3 Å². The van der Waals surface area contributed by atoms with E-state index in [0.29, 0.717) is 22.7 Å². The SMILES string of the molecule is COc1cnccc1C(=O)Nc1ccccc1N. The highest BCUT2D eigenvalue weighted by Gasteiger charge is 2.12. The molecule has 2 aromatic rings. The van der Waals surface area contributed by atoms with Gasteiger partial charge < -0.3 is 15.8 Å². The molecule has 0 bridgehead atoms. The van der Waals surface area contributed by atoms with Gasteiger partial charge in [0.05, 0.1) is 30.2 Å². The number of hydrogen-bond donors (Lipinski definition) is 2. The van der Waals surface area contributed by atoms with Crippen molar-refractivity contribution in [2.24, 2.45) is 0 Å². The fourth-order valence-corrected chi connectivity index (χ4v) is 1.53. The van der Waals surface area contributed by atoms with Crippen molar-refractivity contribution in [3.05, 3.63) is 48.3 Å². The molecule has 1 heterocycles. The highest BCUT2D eigenvalue weighted by molar-refractivity contribution is 6.07. The standard InChI is InChI=1S/C13H13N3O2/c1-18-12-8-15-7-6-9(12)13(17)16-11-5-3-2-4-10(11)14/h2-8H,14H2,1H3,(H,16,17). The van der Waals surface area contributed by atoms with Crippen LogP contribution >= 0.6 is 0 Å². The first-order valence-electron chi connectivity index (χ1n) is 5.36. The van der Waals surface area contributed by atoms with Crippen molar-refractivity contribution in [2.75, 3.05) is 18.2 Å². The molecular weight excluding hydrogens is 230 g/mol. The number of amides is 1. The van der Waals surface area contributed by atoms with Crippen LogP contribution in [-0.4, -0.2) is 18.0 Å². The van der Waals surface area contributed by atoms with Gasteiger partial charge in [-0.1, -0.05) is 12.1 Å². The molecule has 1 aromatic carbocycles. The van der Waals surface area contributed by atoms with Gasteiger partial charge in [0.2, 0.25) is 0 Å². The smallest absolute Gasteiger partial charge is 0.259 e. The van der Waals surface area contributed by atoms with E-state index in [2.05, 4.69) is 10.3 Å². The molecule has 0 spiro atoms. The summed E-state index contributed by atoms with van der Waals surface area (Å²) in [6.45, 7) is 0. The number of benzene rings is 1. The number of anilines is 2. The van der Waals surface area contributed by atoms with Gasteiger partial charge >= 0.3 is 0 Å². The van der Waals surface area contributed by atoms with E-state index in [-0.39, 0.29) is 5.91 Å². The molecular formula is C13H13N3O2. The number of nitrogens with one attached hydrogen (secondary N) is 1. The number of carbonyl (C=O) groups excluding carboxylic acids is 1. The van der Waals surface area contributed by atoms with E-state index < -0.39 is 0 Å². The van der Waals surface area contributed by atoms with Gasteiger partial charge in [-0.25, -0.2) is 0 Å². The van der Waals surface area contributed by atoms with Crippen LogP contribution in [0.3, 0.4) is 0 Å². The minimum atomic E-state index is -0.285. The average Bonchev–Trinajstić information content (AvgIpc) is 2.41. The summed E-state index contributed by atoms with van der Waals surface area (Å²) in [5.74, 6) is 0.136. The number of pyridine rings is 1. The molecule has 18 heavy (non-hydrogen) atoms. The van der Waals surface area contributed by atoms with E-state index in [9.17, 15) is 4.79 Å². The van der Waals surface area contributed by atoms with Gasteiger partial charge in [-0.05, 0) is 18.2 Å². The predicted molar refractivity (Wildman–Crippen MR) is 69.6 cm³/mol. The Balaban J connectivity index is 2.25. The summed E-state index contributed by atoms with van der Waals surface area (Å²) in [7, 11) is 1.49. The van der Waals surface area contributed by atoms with E-state index in [4.69, 9.17) is 10.5 Å². The Morgan fingerprint density at radius 1 is 1.33 bits per heavy atom. The number of nitrogens with zero attached hydrogens (tertiary/aromatic N) is 1. The maximum atomic E-state index is 12.1. The Labute approximate surface area is 105 Å². The Hall–Kier alpha value is -2.56. The molecule has 0 aliphatic heterocycles. The zero-order chi connectivity index (χ0) is 13.0. The zero-order valence-electron chi connectivity index (χ0n) is 9.88. The molecule has 0 unspecified atom stereocenters. The van der Waals surface area contributed by atoms with E-state index in [1.165, 1.54) is 19.5 Å². The molecule has 2 rings (SSSR count). The van der Waals surface area contributed by atoms with Gasteiger partial charge in [0.25, 0.3) is 5.91 Å². The van der Waals surface area contributed by atoms with Crippen molar-refractivity contribution in [1.82, 2.24) is 4.98 Å². The third-order valence-electron chi connectivity index (χ3n) is 2.46. The first-order valence-corrected chi connectivity index (χ1v) is 5.36. The monoisotopic (exact) mass is 243 g/mol. The summed E-state index contributed by atoms with van der Waals surface area (Å²) in [4.78, 5) is 16.0. The predicted octanol–water partition coefficient (Wildman–Crippen LogP) is 1.92. The fourth-order valence-electron chi connectivity index (χ4n) is 1.53. The van der Waals surface area contributed by atoms with Crippen molar-refractivity contribution in [3.63, 3.8) is 0 Å². The lowest BCUT2D eigenvalue weighted by Crippen LogP contribution is -2.14. The fraction of sp³-hybridized carbons (Fsp3) is 0.0769. The summed E-state index contributed by atoms with van der Waals surface area (Å²) >= 11 is 0. The van der Waals surface area contributed by atoms with E-state index >= 15 is 0 Å². The van der Waals surface area contributed by atoms with Crippen LogP contribution in [0.25, 0.3) is 0 Å². The second-order valence-corrected chi connectivity index (χ2v) is 3.62. The van der Waals surface area contributed by atoms with Crippen LogP contribution in [0.1, 0.15) is 10.4 Å². The first kappa shape index (κ1) is 11.9. The third kappa shape index (κ3) is 2.40. The van der Waals surface area contributed by atoms with E-state index in [1.807, 2.05) is 0 Å². The minimum absolute atomic E-state index is 0.285. The number of nitrogens with two attached hydrogens (primary N) is 1. The normalized spacial score (nSPS) is 9.83. The molecule has 1 amide bonds. The molecule has 3 N–H and O–H groups in total. The maximum Gasteiger partial charge on any atom is 0.259 e. The summed E-state index contributed by atoms with van der Waals surface area (Å²) < 4.78 is 5.08. The van der Waals surface area contributed by atoms with Crippen LogP contribution in [0.2, 0.25) is 0 Å². The van der Waals surface area contributed by atoms with Crippen LogP contribution in [0, 0.1) is 0 Å². The van der Waals surface area contributed by atoms with Gasteiger partial charge in [0, 0.05) is 6.20 Å². The number of hydrogen-bond acceptors (Lipinski definition) is 4. The van der Waals surface area contributed by atoms with Crippen LogP contribution in [0.5, 0.6) is 5.75 Å². The molecule has 92 valence electrons. The number of carbonyl (C=O) groups is 1. The van der Waals surface area contributed by atoms with Gasteiger partial charge in [0.1, 0.15) is 5.75 Å². The van der Waals surface area contributed by atoms with Crippen molar-refractivity contribution in [2.45, 2.75) is 0 Å². The highest BCUT2D eigenvalue weighted by atomic mass is 16.5. The number of rotatable bonds is 3. The molecule has 0 saturated heterocycles. The number of nitrogen functional groups attached to an aromatic ring is 1. The molecule has 5 heteroatoms. The Morgan fingerprint density at radius 2 is 2.11 bits per heavy atom. The van der Waals surface area contributed by atoms with Gasteiger partial charge in [0.15, 0.2) is 0 Å². The number of aromatic nitrogens is 1. The lowest BCUT2D eigenvalue weighted by Gasteiger charge is -2.10. The quantitative estimate of drug-likeness (QED) is 0.807.